The Kier molecular flexibility index (Phi) is 5.17. The van der Waals surface area contributed by atoms with E-state index < -0.39 is 0 Å². The average Bonchev–Trinajstić information content (AvgIpc) is 2.24. The summed E-state index contributed by atoms with van der Waals surface area (Å²) in [6.07, 6.45) is 2.54. The minimum Gasteiger partial charge on any atom is -0.399 e. The van der Waals surface area contributed by atoms with Gasteiger partial charge in [-0.1, -0.05) is 19.9 Å². The zero-order chi connectivity index (χ0) is 12.0. The Hall–Kier alpha value is -1.18. The van der Waals surface area contributed by atoms with Gasteiger partial charge in [0.1, 0.15) is 0 Å². The monoisotopic (exact) mass is 220 g/mol. The van der Waals surface area contributed by atoms with Crippen LogP contribution in [0.25, 0.3) is 0 Å². The summed E-state index contributed by atoms with van der Waals surface area (Å²) in [6.45, 7) is 8.91. The van der Waals surface area contributed by atoms with Gasteiger partial charge in [-0.3, -0.25) is 0 Å². The van der Waals surface area contributed by atoms with Crippen molar-refractivity contribution in [2.75, 3.05) is 23.7 Å². The highest BCUT2D eigenvalue weighted by Crippen LogP contribution is 2.18. The van der Waals surface area contributed by atoms with E-state index in [1.165, 1.54) is 18.5 Å². The zero-order valence-electron chi connectivity index (χ0n) is 10.7. The van der Waals surface area contributed by atoms with Crippen molar-refractivity contribution < 1.29 is 0 Å². The maximum atomic E-state index is 5.80. The van der Waals surface area contributed by atoms with Crippen molar-refractivity contribution in [2.45, 2.75) is 33.6 Å². The number of benzene rings is 1. The highest BCUT2D eigenvalue weighted by atomic mass is 15.1. The third-order valence-electron chi connectivity index (χ3n) is 2.83. The number of nitrogens with zero attached hydrogens (tertiary/aromatic N) is 1. The molecule has 2 nitrogen and oxygen atoms in total. The fourth-order valence-corrected chi connectivity index (χ4v) is 1.88. The molecule has 0 aliphatic carbocycles. The molecule has 1 aromatic carbocycles. The van der Waals surface area contributed by atoms with Crippen LogP contribution < -0.4 is 10.6 Å². The Morgan fingerprint density at radius 2 is 2.06 bits per heavy atom. The van der Waals surface area contributed by atoms with Crippen molar-refractivity contribution in [1.29, 1.82) is 0 Å². The van der Waals surface area contributed by atoms with E-state index in [4.69, 9.17) is 5.73 Å². The van der Waals surface area contributed by atoms with Crippen LogP contribution in [0.15, 0.2) is 24.3 Å². The second-order valence-electron chi connectivity index (χ2n) is 4.71. The van der Waals surface area contributed by atoms with Crippen molar-refractivity contribution in [1.82, 2.24) is 0 Å². The Bertz CT molecular complexity index is 307. The molecule has 1 rings (SSSR count). The molecule has 16 heavy (non-hydrogen) atoms. The SMILES string of the molecule is CCN(CCCC(C)C)c1cccc(N)c1. The molecule has 0 saturated heterocycles. The Balaban J connectivity index is 2.53. The maximum absolute atomic E-state index is 5.80. The van der Waals surface area contributed by atoms with Crippen molar-refractivity contribution in [2.24, 2.45) is 5.92 Å². The van der Waals surface area contributed by atoms with E-state index in [0.29, 0.717) is 0 Å². The van der Waals surface area contributed by atoms with Crippen LogP contribution in [0, 0.1) is 5.92 Å². The summed E-state index contributed by atoms with van der Waals surface area (Å²) in [5.74, 6) is 0.791. The highest BCUT2D eigenvalue weighted by Gasteiger charge is 2.04. The van der Waals surface area contributed by atoms with Gasteiger partial charge in [0.15, 0.2) is 0 Å². The molecule has 0 heterocycles. The average molecular weight is 220 g/mol. The lowest BCUT2D eigenvalue weighted by Gasteiger charge is -2.23. The molecule has 0 aliphatic rings. The van der Waals surface area contributed by atoms with Gasteiger partial charge in [-0.25, -0.2) is 0 Å². The van der Waals surface area contributed by atoms with Crippen LogP contribution >= 0.6 is 0 Å². The quantitative estimate of drug-likeness (QED) is 0.743. The van der Waals surface area contributed by atoms with Crippen molar-refractivity contribution in [3.05, 3.63) is 24.3 Å². The maximum Gasteiger partial charge on any atom is 0.0386 e. The summed E-state index contributed by atoms with van der Waals surface area (Å²) in [5.41, 5.74) is 7.89. The Morgan fingerprint density at radius 3 is 2.62 bits per heavy atom. The van der Waals surface area contributed by atoms with E-state index in [0.717, 1.165) is 24.7 Å². The summed E-state index contributed by atoms with van der Waals surface area (Å²) in [5, 5.41) is 0. The second-order valence-corrected chi connectivity index (χ2v) is 4.71. The summed E-state index contributed by atoms with van der Waals surface area (Å²) >= 11 is 0. The third-order valence-corrected chi connectivity index (χ3v) is 2.83. The fraction of sp³-hybridized carbons (Fsp3) is 0.571. The highest BCUT2D eigenvalue weighted by molar-refractivity contribution is 5.55. The van der Waals surface area contributed by atoms with Gasteiger partial charge in [0, 0.05) is 24.5 Å². The standard InChI is InChI=1S/C14H24N2/c1-4-16(10-6-7-12(2)3)14-9-5-8-13(15)11-14/h5,8-9,11-12H,4,6-7,10,15H2,1-3H3. The van der Waals surface area contributed by atoms with E-state index >= 15 is 0 Å². The molecule has 0 bridgehead atoms. The minimum absolute atomic E-state index is 0.791. The van der Waals surface area contributed by atoms with Gasteiger partial charge in [0.25, 0.3) is 0 Å². The third kappa shape index (κ3) is 4.13. The Labute approximate surface area is 99.5 Å². The minimum atomic E-state index is 0.791. The predicted octanol–water partition coefficient (Wildman–Crippen LogP) is 3.53. The normalized spacial score (nSPS) is 10.8. The van der Waals surface area contributed by atoms with Gasteiger partial charge in [-0.05, 0) is 43.9 Å². The molecular weight excluding hydrogens is 196 g/mol. The van der Waals surface area contributed by atoms with Crippen LogP contribution in [0.2, 0.25) is 0 Å². The molecular formula is C14H24N2. The van der Waals surface area contributed by atoms with Crippen molar-refractivity contribution >= 4 is 11.4 Å². The summed E-state index contributed by atoms with van der Waals surface area (Å²) in [7, 11) is 0. The first-order chi connectivity index (χ1) is 7.63. The molecule has 2 N–H and O–H groups in total. The molecule has 0 saturated carbocycles. The fourth-order valence-electron chi connectivity index (χ4n) is 1.88. The smallest absolute Gasteiger partial charge is 0.0386 e. The van der Waals surface area contributed by atoms with Crippen LogP contribution in [0.5, 0.6) is 0 Å². The molecule has 1 aromatic rings. The number of nitrogen functional groups attached to an aromatic ring is 1. The summed E-state index contributed by atoms with van der Waals surface area (Å²) in [4.78, 5) is 2.39. The Morgan fingerprint density at radius 1 is 1.31 bits per heavy atom. The molecule has 0 aliphatic heterocycles. The molecule has 90 valence electrons. The van der Waals surface area contributed by atoms with Gasteiger partial charge < -0.3 is 10.6 Å². The molecule has 0 spiro atoms. The molecule has 0 radical (unpaired) electrons. The number of anilines is 2. The first-order valence-electron chi connectivity index (χ1n) is 6.24. The van der Waals surface area contributed by atoms with E-state index in [1.54, 1.807) is 0 Å². The van der Waals surface area contributed by atoms with E-state index in [1.807, 2.05) is 12.1 Å². The lowest BCUT2D eigenvalue weighted by Crippen LogP contribution is -2.24. The molecule has 0 amide bonds. The number of hydrogen-bond acceptors (Lipinski definition) is 2. The van der Waals surface area contributed by atoms with Gasteiger partial charge in [0.2, 0.25) is 0 Å². The van der Waals surface area contributed by atoms with Gasteiger partial charge in [-0.15, -0.1) is 0 Å². The lowest BCUT2D eigenvalue weighted by atomic mass is 10.1. The predicted molar refractivity (Wildman–Crippen MR) is 72.8 cm³/mol. The number of rotatable bonds is 6. The van der Waals surface area contributed by atoms with Crippen LogP contribution in [-0.4, -0.2) is 13.1 Å². The topological polar surface area (TPSA) is 29.3 Å². The number of hydrogen-bond donors (Lipinski definition) is 1. The van der Waals surface area contributed by atoms with Crippen LogP contribution in [0.1, 0.15) is 33.6 Å². The van der Waals surface area contributed by atoms with Gasteiger partial charge in [0.05, 0.1) is 0 Å². The van der Waals surface area contributed by atoms with Gasteiger partial charge in [-0.2, -0.15) is 0 Å². The van der Waals surface area contributed by atoms with Crippen molar-refractivity contribution in [3.8, 4) is 0 Å². The van der Waals surface area contributed by atoms with E-state index in [-0.39, 0.29) is 0 Å². The molecule has 0 atom stereocenters. The molecule has 2 heteroatoms. The van der Waals surface area contributed by atoms with Crippen LogP contribution in [0.3, 0.4) is 0 Å². The first kappa shape index (κ1) is 12.9. The van der Waals surface area contributed by atoms with Gasteiger partial charge >= 0.3 is 0 Å². The summed E-state index contributed by atoms with van der Waals surface area (Å²) in [6, 6.07) is 8.15. The summed E-state index contributed by atoms with van der Waals surface area (Å²) < 4.78 is 0. The lowest BCUT2D eigenvalue weighted by molar-refractivity contribution is 0.551. The second kappa shape index (κ2) is 6.41. The largest absolute Gasteiger partial charge is 0.399 e. The zero-order valence-corrected chi connectivity index (χ0v) is 10.7. The first-order valence-corrected chi connectivity index (χ1v) is 6.24. The molecule has 0 fully saturated rings. The van der Waals surface area contributed by atoms with Crippen molar-refractivity contribution in [3.63, 3.8) is 0 Å². The number of nitrogens with two attached hydrogens (primary N) is 1. The molecule has 0 unspecified atom stereocenters. The molecule has 0 aromatic heterocycles. The van der Waals surface area contributed by atoms with E-state index in [9.17, 15) is 0 Å². The van der Waals surface area contributed by atoms with Crippen LogP contribution in [0.4, 0.5) is 11.4 Å². The van der Waals surface area contributed by atoms with Crippen LogP contribution in [-0.2, 0) is 0 Å². The van der Waals surface area contributed by atoms with E-state index in [2.05, 4.69) is 37.8 Å².